The summed E-state index contributed by atoms with van der Waals surface area (Å²) in [5.74, 6) is 0.974. The van der Waals surface area contributed by atoms with E-state index in [4.69, 9.17) is 9.47 Å². The van der Waals surface area contributed by atoms with E-state index in [1.807, 2.05) is 0 Å². The van der Waals surface area contributed by atoms with Gasteiger partial charge in [-0.15, -0.1) is 0 Å². The fourth-order valence-electron chi connectivity index (χ4n) is 3.54. The summed E-state index contributed by atoms with van der Waals surface area (Å²) in [6.07, 6.45) is 5.41. The number of methoxy groups -OCH3 is 1. The molecule has 0 spiro atoms. The maximum absolute atomic E-state index is 11.0. The lowest BCUT2D eigenvalue weighted by Crippen LogP contribution is -2.47. The van der Waals surface area contributed by atoms with Crippen molar-refractivity contribution in [2.45, 2.75) is 50.2 Å². The van der Waals surface area contributed by atoms with Gasteiger partial charge in [0.05, 0.1) is 18.3 Å². The molecule has 2 aliphatic rings. The summed E-state index contributed by atoms with van der Waals surface area (Å²) in [6, 6.07) is 4.19. The highest BCUT2D eigenvalue weighted by molar-refractivity contribution is 9.10. The van der Waals surface area contributed by atoms with Gasteiger partial charge in [-0.2, -0.15) is 0 Å². The minimum Gasteiger partial charge on any atom is -0.493 e. The third-order valence-corrected chi connectivity index (χ3v) is 4.99. The van der Waals surface area contributed by atoms with Crippen LogP contribution in [-0.4, -0.2) is 30.5 Å². The molecule has 0 aromatic heterocycles. The molecule has 1 aromatic carbocycles. The highest BCUT2D eigenvalue weighted by Gasteiger charge is 2.40. The Hall–Kier alpha value is -0.580. The lowest BCUT2D eigenvalue weighted by molar-refractivity contribution is -0.116. The van der Waals surface area contributed by atoms with E-state index in [0.29, 0.717) is 6.42 Å². The first kappa shape index (κ1) is 14.4. The van der Waals surface area contributed by atoms with E-state index < -0.39 is 5.60 Å². The van der Waals surface area contributed by atoms with Gasteiger partial charge in [-0.3, -0.25) is 0 Å². The van der Waals surface area contributed by atoms with Crippen LogP contribution in [0.5, 0.6) is 5.75 Å². The second kappa shape index (κ2) is 5.66. The second-order valence-electron chi connectivity index (χ2n) is 5.90. The average Bonchev–Trinajstić information content (AvgIpc) is 2.87. The van der Waals surface area contributed by atoms with Crippen LogP contribution in [-0.2, 0) is 17.6 Å². The van der Waals surface area contributed by atoms with Gasteiger partial charge in [0.1, 0.15) is 5.75 Å². The Morgan fingerprint density at radius 2 is 2.30 bits per heavy atom. The molecule has 20 heavy (non-hydrogen) atoms. The fourth-order valence-corrected chi connectivity index (χ4v) is 4.09. The van der Waals surface area contributed by atoms with Gasteiger partial charge in [0.2, 0.25) is 0 Å². The summed E-state index contributed by atoms with van der Waals surface area (Å²) in [7, 11) is 1.70. The number of benzene rings is 1. The maximum atomic E-state index is 11.0. The van der Waals surface area contributed by atoms with Crippen molar-refractivity contribution in [3.63, 3.8) is 0 Å². The zero-order valence-corrected chi connectivity index (χ0v) is 13.4. The van der Waals surface area contributed by atoms with Crippen molar-refractivity contribution >= 4 is 15.9 Å². The molecule has 1 saturated carbocycles. The molecule has 3 nitrogen and oxygen atoms in total. The lowest BCUT2D eigenvalue weighted by Gasteiger charge is -2.39. The second-order valence-corrected chi connectivity index (χ2v) is 6.82. The fraction of sp³-hybridized carbons (Fsp3) is 0.625. The van der Waals surface area contributed by atoms with E-state index in [1.165, 1.54) is 5.56 Å². The molecule has 1 aromatic rings. The number of aliphatic hydroxyl groups is 1. The van der Waals surface area contributed by atoms with Gasteiger partial charge in [-0.25, -0.2) is 0 Å². The first-order valence-corrected chi connectivity index (χ1v) is 8.11. The molecule has 1 N–H and O–H groups in total. The zero-order valence-electron chi connectivity index (χ0n) is 11.8. The molecule has 2 atom stereocenters. The topological polar surface area (TPSA) is 38.7 Å². The Bertz CT molecular complexity index is 503. The van der Waals surface area contributed by atoms with Crippen molar-refractivity contribution in [3.8, 4) is 5.75 Å². The van der Waals surface area contributed by atoms with E-state index in [9.17, 15) is 5.11 Å². The molecule has 1 aliphatic carbocycles. The predicted molar refractivity (Wildman–Crippen MR) is 81.3 cm³/mol. The van der Waals surface area contributed by atoms with E-state index in [2.05, 4.69) is 28.1 Å². The molecule has 0 bridgehead atoms. The molecular formula is C16H21BrO3. The van der Waals surface area contributed by atoms with Gasteiger partial charge in [0, 0.05) is 24.4 Å². The van der Waals surface area contributed by atoms with Gasteiger partial charge >= 0.3 is 0 Å². The van der Waals surface area contributed by atoms with Crippen LogP contribution in [0.4, 0.5) is 0 Å². The number of hydrogen-bond donors (Lipinski definition) is 1. The average molecular weight is 341 g/mol. The third kappa shape index (κ3) is 2.61. The summed E-state index contributed by atoms with van der Waals surface area (Å²) in [4.78, 5) is 0. The SMILES string of the molecule is COC1CCCCC1(O)Cc1cc(Br)cc2c1OCC2. The molecule has 1 aliphatic heterocycles. The van der Waals surface area contributed by atoms with Crippen LogP contribution >= 0.6 is 15.9 Å². The van der Waals surface area contributed by atoms with Crippen LogP contribution in [0.1, 0.15) is 36.8 Å². The molecule has 110 valence electrons. The Labute approximate surface area is 128 Å². The standard InChI is InChI=1S/C16H21BrO3/c1-19-14-4-2-3-6-16(14,18)10-12-9-13(17)8-11-5-7-20-15(11)12/h8-9,14,18H,2-7,10H2,1H3. The Morgan fingerprint density at radius 3 is 3.10 bits per heavy atom. The molecule has 0 radical (unpaired) electrons. The van der Waals surface area contributed by atoms with Crippen molar-refractivity contribution in [1.82, 2.24) is 0 Å². The quantitative estimate of drug-likeness (QED) is 0.917. The maximum Gasteiger partial charge on any atom is 0.125 e. The summed E-state index contributed by atoms with van der Waals surface area (Å²) >= 11 is 3.56. The summed E-state index contributed by atoms with van der Waals surface area (Å²) in [6.45, 7) is 0.741. The van der Waals surface area contributed by atoms with E-state index in [0.717, 1.165) is 54.5 Å². The van der Waals surface area contributed by atoms with Crippen molar-refractivity contribution in [3.05, 3.63) is 27.7 Å². The van der Waals surface area contributed by atoms with Crippen LogP contribution in [0.3, 0.4) is 0 Å². The Balaban J connectivity index is 1.90. The normalized spacial score (nSPS) is 29.1. The van der Waals surface area contributed by atoms with Crippen LogP contribution < -0.4 is 4.74 Å². The van der Waals surface area contributed by atoms with Crippen molar-refractivity contribution in [1.29, 1.82) is 0 Å². The first-order chi connectivity index (χ1) is 9.62. The third-order valence-electron chi connectivity index (χ3n) is 4.53. The Morgan fingerprint density at radius 1 is 1.45 bits per heavy atom. The molecule has 0 saturated heterocycles. The largest absolute Gasteiger partial charge is 0.493 e. The molecule has 2 unspecified atom stereocenters. The minimum atomic E-state index is -0.770. The molecular weight excluding hydrogens is 320 g/mol. The van der Waals surface area contributed by atoms with Gasteiger partial charge in [0.25, 0.3) is 0 Å². The van der Waals surface area contributed by atoms with Crippen molar-refractivity contribution in [2.75, 3.05) is 13.7 Å². The van der Waals surface area contributed by atoms with Crippen LogP contribution in [0.15, 0.2) is 16.6 Å². The molecule has 1 heterocycles. The zero-order chi connectivity index (χ0) is 14.2. The van der Waals surface area contributed by atoms with Crippen LogP contribution in [0, 0.1) is 0 Å². The van der Waals surface area contributed by atoms with Gasteiger partial charge in [-0.05, 0) is 36.1 Å². The summed E-state index contributed by atoms with van der Waals surface area (Å²) in [5, 5.41) is 11.0. The predicted octanol–water partition coefficient (Wildman–Crippen LogP) is 3.25. The smallest absolute Gasteiger partial charge is 0.125 e. The highest BCUT2D eigenvalue weighted by Crippen LogP contribution is 2.39. The van der Waals surface area contributed by atoms with Crippen LogP contribution in [0.2, 0.25) is 0 Å². The monoisotopic (exact) mass is 340 g/mol. The van der Waals surface area contributed by atoms with E-state index >= 15 is 0 Å². The number of fused-ring (bicyclic) bond motifs is 1. The van der Waals surface area contributed by atoms with Gasteiger partial charge < -0.3 is 14.6 Å². The number of rotatable bonds is 3. The number of hydrogen-bond acceptors (Lipinski definition) is 3. The Kier molecular flexibility index (Phi) is 4.07. The summed E-state index contributed by atoms with van der Waals surface area (Å²) in [5.41, 5.74) is 1.56. The molecule has 1 fully saturated rings. The molecule has 4 heteroatoms. The molecule has 3 rings (SSSR count). The number of halogens is 1. The number of ether oxygens (including phenoxy) is 2. The van der Waals surface area contributed by atoms with Crippen LogP contribution in [0.25, 0.3) is 0 Å². The molecule has 0 amide bonds. The highest BCUT2D eigenvalue weighted by atomic mass is 79.9. The minimum absolute atomic E-state index is 0.0766. The van der Waals surface area contributed by atoms with E-state index in [1.54, 1.807) is 7.11 Å². The van der Waals surface area contributed by atoms with E-state index in [-0.39, 0.29) is 6.10 Å². The lowest BCUT2D eigenvalue weighted by atomic mass is 9.78. The van der Waals surface area contributed by atoms with Gasteiger partial charge in [-0.1, -0.05) is 28.8 Å². The van der Waals surface area contributed by atoms with Gasteiger partial charge in [0.15, 0.2) is 0 Å². The first-order valence-electron chi connectivity index (χ1n) is 7.32. The van der Waals surface area contributed by atoms with Crippen molar-refractivity contribution in [2.24, 2.45) is 0 Å². The summed E-state index contributed by atoms with van der Waals surface area (Å²) < 4.78 is 12.4. The van der Waals surface area contributed by atoms with Crippen molar-refractivity contribution < 1.29 is 14.6 Å².